The summed E-state index contributed by atoms with van der Waals surface area (Å²) in [5.41, 5.74) is 0. The van der Waals surface area contributed by atoms with Gasteiger partial charge >= 0.3 is 139 Å². The molecule has 0 aliphatic carbocycles. The van der Waals surface area contributed by atoms with E-state index in [9.17, 15) is 4.79 Å². The number of hydrogen-bond donors (Lipinski definition) is 0. The van der Waals surface area contributed by atoms with Crippen LogP contribution in [0.1, 0.15) is 9.67 Å². The van der Waals surface area contributed by atoms with E-state index < -0.39 is 0 Å². The maximum absolute atomic E-state index is 12.7. The minimum atomic E-state index is 0.0453. The molecule has 0 saturated carbocycles. The number of rotatable bonds is 6. The van der Waals surface area contributed by atoms with Crippen LogP contribution in [0.4, 0.5) is 0 Å². The molecule has 2 aromatic rings. The van der Waals surface area contributed by atoms with Gasteiger partial charge in [0.15, 0.2) is 0 Å². The van der Waals surface area contributed by atoms with E-state index in [1.165, 1.54) is 15.8 Å². The molecule has 1 aromatic carbocycles. The quantitative estimate of drug-likeness (QED) is 0.427. The molecule has 2 rings (SSSR count). The van der Waals surface area contributed by atoms with Gasteiger partial charge in [-0.25, -0.2) is 0 Å². The first-order chi connectivity index (χ1) is 9.76. The van der Waals surface area contributed by atoms with Crippen molar-refractivity contribution in [3.05, 3.63) is 61.4 Å². The number of hydrogen-bond acceptors (Lipinski definition) is 4. The van der Waals surface area contributed by atoms with Crippen molar-refractivity contribution in [3.63, 3.8) is 0 Å². The van der Waals surface area contributed by atoms with Crippen molar-refractivity contribution in [1.82, 2.24) is 0 Å². The molecule has 0 amide bonds. The summed E-state index contributed by atoms with van der Waals surface area (Å²) in [6.45, 7) is 0. The molecular weight excluding hydrogens is 371 g/mol. The Kier molecular flexibility index (Phi) is 6.46. The molecule has 0 aliphatic rings. The second-order valence-corrected chi connectivity index (χ2v) is 8.86. The van der Waals surface area contributed by atoms with Gasteiger partial charge in [-0.2, -0.15) is 0 Å². The van der Waals surface area contributed by atoms with Crippen LogP contribution in [0.2, 0.25) is 0 Å². The molecule has 1 nitrogen and oxygen atoms in total. The van der Waals surface area contributed by atoms with E-state index in [0.29, 0.717) is 0 Å². The fraction of sp³-hybridized carbons (Fsp3) is 0.133. The van der Waals surface area contributed by atoms with Gasteiger partial charge in [0, 0.05) is 0 Å². The molecule has 0 spiro atoms. The van der Waals surface area contributed by atoms with Crippen molar-refractivity contribution in [2.75, 3.05) is 12.5 Å². The van der Waals surface area contributed by atoms with Crippen LogP contribution in [0.15, 0.2) is 56.6 Å². The Bertz CT molecular complexity index is 585. The predicted octanol–water partition coefficient (Wildman–Crippen LogP) is 3.86. The summed E-state index contributed by atoms with van der Waals surface area (Å²) in [5, 5.41) is 1.96. The Labute approximate surface area is 138 Å². The third kappa shape index (κ3) is 4.03. The van der Waals surface area contributed by atoms with Crippen molar-refractivity contribution in [3.8, 4) is 0 Å². The van der Waals surface area contributed by atoms with Crippen molar-refractivity contribution in [2.24, 2.45) is 0 Å². The van der Waals surface area contributed by atoms with E-state index in [2.05, 4.69) is 12.1 Å². The summed E-state index contributed by atoms with van der Waals surface area (Å²) in [6.07, 6.45) is 4.07. The Morgan fingerprint density at radius 2 is 1.75 bits per heavy atom. The number of thioether (sulfide) groups is 2. The summed E-state index contributed by atoms with van der Waals surface area (Å²) >= 11 is 4.89. The number of carbonyl (C=O) groups excluding carboxylic acids is 1. The second kappa shape index (κ2) is 8.10. The monoisotopic (exact) mass is 386 g/mol. The standard InChI is InChI=1S/C15H14OS3Se/c1-17-15(18-2)14(13(16)12-9-6-10-19-12)20-11-7-4-3-5-8-11/h3-10H,1-2H3. The van der Waals surface area contributed by atoms with Crippen LogP contribution >= 0.6 is 34.9 Å². The van der Waals surface area contributed by atoms with E-state index in [1.54, 1.807) is 23.5 Å². The van der Waals surface area contributed by atoms with Crippen molar-refractivity contribution >= 4 is 60.1 Å². The normalized spacial score (nSPS) is 10.3. The summed E-state index contributed by atoms with van der Waals surface area (Å²) in [7, 11) is 0. The molecule has 0 fully saturated rings. The molecule has 0 radical (unpaired) electrons. The average molecular weight is 385 g/mol. The fourth-order valence-corrected chi connectivity index (χ4v) is 6.81. The number of Topliss-reactive ketones (excluding diaryl/α,β-unsaturated/α-hetero) is 1. The Hall–Kier alpha value is -0.451. The number of allylic oxidation sites excluding steroid dienone is 1. The first-order valence-electron chi connectivity index (χ1n) is 5.89. The maximum atomic E-state index is 12.7. The zero-order valence-corrected chi connectivity index (χ0v) is 15.3. The zero-order valence-electron chi connectivity index (χ0n) is 11.2. The number of ketones is 1. The van der Waals surface area contributed by atoms with Gasteiger partial charge < -0.3 is 0 Å². The Morgan fingerprint density at radius 3 is 2.30 bits per heavy atom. The van der Waals surface area contributed by atoms with Crippen LogP contribution in [0.3, 0.4) is 0 Å². The molecule has 1 heterocycles. The number of thiophene rings is 1. The molecular formula is C15H14OS3Se. The molecule has 0 aliphatic heterocycles. The van der Waals surface area contributed by atoms with E-state index in [0.717, 1.165) is 13.6 Å². The first kappa shape index (κ1) is 15.9. The van der Waals surface area contributed by atoms with Gasteiger partial charge in [-0.15, -0.1) is 0 Å². The van der Waals surface area contributed by atoms with E-state index in [4.69, 9.17) is 0 Å². The zero-order chi connectivity index (χ0) is 14.4. The molecule has 5 heteroatoms. The van der Waals surface area contributed by atoms with Gasteiger partial charge in [0.1, 0.15) is 0 Å². The third-order valence-electron chi connectivity index (χ3n) is 2.47. The molecule has 0 atom stereocenters. The van der Waals surface area contributed by atoms with Gasteiger partial charge in [0.25, 0.3) is 0 Å². The van der Waals surface area contributed by atoms with Crippen LogP contribution in [0.25, 0.3) is 0 Å². The molecule has 20 heavy (non-hydrogen) atoms. The molecule has 1 aromatic heterocycles. The van der Waals surface area contributed by atoms with Crippen LogP contribution in [-0.4, -0.2) is 33.3 Å². The number of carbonyl (C=O) groups is 1. The number of benzene rings is 1. The summed E-state index contributed by atoms with van der Waals surface area (Å²) in [4.78, 5) is 13.5. The molecule has 0 bridgehead atoms. The van der Waals surface area contributed by atoms with Crippen LogP contribution in [-0.2, 0) is 0 Å². The molecule has 0 unspecified atom stereocenters. The average Bonchev–Trinajstić information content (AvgIpc) is 3.02. The van der Waals surface area contributed by atoms with Gasteiger partial charge in [0.2, 0.25) is 0 Å². The molecule has 104 valence electrons. The van der Waals surface area contributed by atoms with Crippen molar-refractivity contribution in [2.45, 2.75) is 0 Å². The van der Waals surface area contributed by atoms with Gasteiger partial charge in [-0.1, -0.05) is 0 Å². The van der Waals surface area contributed by atoms with Gasteiger partial charge in [-0.3, -0.25) is 0 Å². The van der Waals surface area contributed by atoms with E-state index >= 15 is 0 Å². The van der Waals surface area contributed by atoms with E-state index in [-0.39, 0.29) is 20.7 Å². The Balaban J connectivity index is 2.36. The third-order valence-corrected chi connectivity index (χ3v) is 8.38. The summed E-state index contributed by atoms with van der Waals surface area (Å²) in [5.74, 6) is 0.183. The Morgan fingerprint density at radius 1 is 1.05 bits per heavy atom. The summed E-state index contributed by atoms with van der Waals surface area (Å²) < 4.78 is 3.33. The predicted molar refractivity (Wildman–Crippen MR) is 94.5 cm³/mol. The fourth-order valence-electron chi connectivity index (χ4n) is 1.58. The van der Waals surface area contributed by atoms with Crippen molar-refractivity contribution < 1.29 is 4.79 Å². The van der Waals surface area contributed by atoms with E-state index in [1.807, 2.05) is 48.2 Å². The SMILES string of the molecule is CSC(SC)=C([Se]c1ccccc1)C(=O)c1cccs1. The van der Waals surface area contributed by atoms with Crippen molar-refractivity contribution in [1.29, 1.82) is 0 Å². The van der Waals surface area contributed by atoms with Crippen LogP contribution in [0, 0.1) is 0 Å². The van der Waals surface area contributed by atoms with Gasteiger partial charge in [-0.05, 0) is 0 Å². The first-order valence-corrected chi connectivity index (χ1v) is 10.9. The second-order valence-electron chi connectivity index (χ2n) is 3.75. The summed E-state index contributed by atoms with van der Waals surface area (Å²) in [6, 6.07) is 14.1. The molecule has 0 saturated heterocycles. The van der Waals surface area contributed by atoms with Crippen LogP contribution in [0.5, 0.6) is 0 Å². The topological polar surface area (TPSA) is 17.1 Å². The van der Waals surface area contributed by atoms with Gasteiger partial charge in [0.05, 0.1) is 0 Å². The van der Waals surface area contributed by atoms with Crippen LogP contribution < -0.4 is 4.46 Å². The minimum absolute atomic E-state index is 0.0453. The molecule has 0 N–H and O–H groups in total.